The van der Waals surface area contributed by atoms with Gasteiger partial charge in [-0.1, -0.05) is 52.2 Å². The van der Waals surface area contributed by atoms with Gasteiger partial charge in [0.2, 0.25) is 8.32 Å². The van der Waals surface area contributed by atoms with Crippen molar-refractivity contribution in [2.24, 2.45) is 0 Å². The van der Waals surface area contributed by atoms with E-state index in [9.17, 15) is 0 Å². The van der Waals surface area contributed by atoms with Crippen LogP contribution >= 0.6 is 11.8 Å². The lowest BCUT2D eigenvalue weighted by Gasteiger charge is -2.28. The van der Waals surface area contributed by atoms with E-state index >= 15 is 0 Å². The molecule has 0 saturated heterocycles. The minimum absolute atomic E-state index is 0.227. The second kappa shape index (κ2) is 5.31. The maximum absolute atomic E-state index is 6.19. The Morgan fingerprint density at radius 2 is 1.44 bits per heavy atom. The number of rotatable bonds is 4. The summed E-state index contributed by atoms with van der Waals surface area (Å²) in [6.45, 7) is 20.5. The molecule has 16 heavy (non-hydrogen) atoms. The summed E-state index contributed by atoms with van der Waals surface area (Å²) in [6, 6.07) is 0. The largest absolute Gasteiger partial charge is 0.540 e. The molecule has 0 rings (SSSR count). The van der Waals surface area contributed by atoms with Crippen molar-refractivity contribution in [2.75, 3.05) is 0 Å². The summed E-state index contributed by atoms with van der Waals surface area (Å²) in [7, 11) is -2.69. The Balaban J connectivity index is 4.87. The zero-order valence-electron chi connectivity index (χ0n) is 12.4. The van der Waals surface area contributed by atoms with Crippen molar-refractivity contribution in [3.63, 3.8) is 0 Å². The first-order valence-corrected chi connectivity index (χ1v) is 13.7. The standard InChI is InChI=1S/C12H28OSSi2/c1-12(2,3)14-11(10-15(4,5)6)13-16(7,8)9/h10H,1-9H3/b11-10+. The van der Waals surface area contributed by atoms with E-state index in [2.05, 4.69) is 65.8 Å². The normalized spacial score (nSPS) is 15.2. The molecule has 0 aliphatic carbocycles. The van der Waals surface area contributed by atoms with Gasteiger partial charge in [0.1, 0.15) is 5.09 Å². The average Bonchev–Trinajstić information content (AvgIpc) is 1.70. The minimum Gasteiger partial charge on any atom is -0.540 e. The van der Waals surface area contributed by atoms with Crippen LogP contribution in [0.15, 0.2) is 10.8 Å². The predicted molar refractivity (Wildman–Crippen MR) is 83.2 cm³/mol. The fourth-order valence-corrected chi connectivity index (χ4v) is 5.40. The van der Waals surface area contributed by atoms with Crippen molar-refractivity contribution < 1.29 is 4.43 Å². The lowest BCUT2D eigenvalue weighted by atomic mass is 10.3. The molecule has 96 valence electrons. The number of thioether (sulfide) groups is 1. The highest BCUT2D eigenvalue weighted by molar-refractivity contribution is 8.04. The third-order valence-electron chi connectivity index (χ3n) is 1.36. The molecule has 4 heteroatoms. The molecule has 0 saturated carbocycles. The summed E-state index contributed by atoms with van der Waals surface area (Å²) in [4.78, 5) is 0. The summed E-state index contributed by atoms with van der Waals surface area (Å²) in [5.74, 6) is 0. The SMILES string of the molecule is CC(C)(C)S/C(=C/[Si](C)(C)C)O[Si](C)(C)C. The smallest absolute Gasteiger partial charge is 0.242 e. The Hall–Kier alpha value is 0.324. The molecule has 0 aliphatic rings. The topological polar surface area (TPSA) is 9.23 Å². The van der Waals surface area contributed by atoms with Gasteiger partial charge in [0, 0.05) is 4.75 Å². The van der Waals surface area contributed by atoms with Crippen LogP contribution in [0.2, 0.25) is 39.3 Å². The lowest BCUT2D eigenvalue weighted by Crippen LogP contribution is -2.27. The van der Waals surface area contributed by atoms with Gasteiger partial charge in [-0.05, 0) is 25.3 Å². The third kappa shape index (κ3) is 10.8. The molecule has 0 unspecified atom stereocenters. The van der Waals surface area contributed by atoms with E-state index in [0.717, 1.165) is 5.09 Å². The van der Waals surface area contributed by atoms with Crippen molar-refractivity contribution in [3.8, 4) is 0 Å². The van der Waals surface area contributed by atoms with E-state index in [-0.39, 0.29) is 4.75 Å². The van der Waals surface area contributed by atoms with Gasteiger partial charge in [0.05, 0.1) is 8.07 Å². The van der Waals surface area contributed by atoms with Crippen LogP contribution in [0.1, 0.15) is 20.8 Å². The van der Waals surface area contributed by atoms with Gasteiger partial charge in [-0.15, -0.1) is 0 Å². The Bertz CT molecular complexity index is 236. The first kappa shape index (κ1) is 16.3. The van der Waals surface area contributed by atoms with Crippen LogP contribution in [0.4, 0.5) is 0 Å². The first-order chi connectivity index (χ1) is 6.79. The average molecular weight is 277 g/mol. The van der Waals surface area contributed by atoms with E-state index < -0.39 is 16.4 Å². The first-order valence-electron chi connectivity index (χ1n) is 5.89. The van der Waals surface area contributed by atoms with E-state index in [1.807, 2.05) is 11.8 Å². The Morgan fingerprint density at radius 1 is 1.00 bits per heavy atom. The maximum Gasteiger partial charge on any atom is 0.242 e. The summed E-state index contributed by atoms with van der Waals surface area (Å²) in [6.07, 6.45) is 0. The molecule has 0 spiro atoms. The third-order valence-corrected chi connectivity index (χ3v) is 4.70. The van der Waals surface area contributed by atoms with Crippen LogP contribution in [0.5, 0.6) is 0 Å². The van der Waals surface area contributed by atoms with Crippen molar-refractivity contribution >= 4 is 28.2 Å². The molecule has 0 heterocycles. The van der Waals surface area contributed by atoms with E-state index in [0.29, 0.717) is 0 Å². The highest BCUT2D eigenvalue weighted by Crippen LogP contribution is 2.34. The van der Waals surface area contributed by atoms with Gasteiger partial charge in [-0.2, -0.15) is 0 Å². The van der Waals surface area contributed by atoms with Gasteiger partial charge < -0.3 is 4.43 Å². The van der Waals surface area contributed by atoms with Crippen LogP contribution in [-0.2, 0) is 4.43 Å². The Kier molecular flexibility index (Phi) is 5.42. The lowest BCUT2D eigenvalue weighted by molar-refractivity contribution is 0.463. The van der Waals surface area contributed by atoms with Crippen molar-refractivity contribution in [3.05, 3.63) is 10.8 Å². The maximum atomic E-state index is 6.19. The quantitative estimate of drug-likeness (QED) is 0.522. The molecule has 0 aromatic rings. The van der Waals surface area contributed by atoms with Gasteiger partial charge >= 0.3 is 0 Å². The van der Waals surface area contributed by atoms with Gasteiger partial charge in [0.15, 0.2) is 0 Å². The van der Waals surface area contributed by atoms with Crippen LogP contribution in [0.25, 0.3) is 0 Å². The molecule has 0 N–H and O–H groups in total. The van der Waals surface area contributed by atoms with Crippen LogP contribution < -0.4 is 0 Å². The van der Waals surface area contributed by atoms with Crippen molar-refractivity contribution in [2.45, 2.75) is 64.8 Å². The molecular weight excluding hydrogens is 248 g/mol. The molecule has 0 aromatic carbocycles. The summed E-state index contributed by atoms with van der Waals surface area (Å²) < 4.78 is 6.41. The van der Waals surface area contributed by atoms with Crippen LogP contribution in [-0.4, -0.2) is 21.1 Å². The molecule has 1 nitrogen and oxygen atoms in total. The van der Waals surface area contributed by atoms with Crippen molar-refractivity contribution in [1.29, 1.82) is 0 Å². The van der Waals surface area contributed by atoms with E-state index in [1.165, 1.54) is 0 Å². The van der Waals surface area contributed by atoms with Crippen LogP contribution in [0.3, 0.4) is 0 Å². The fourth-order valence-electron chi connectivity index (χ4n) is 1.04. The summed E-state index contributed by atoms with van der Waals surface area (Å²) >= 11 is 1.86. The molecule has 0 aliphatic heterocycles. The number of hydrogen-bond donors (Lipinski definition) is 0. The molecule has 0 aromatic heterocycles. The molecule has 0 bridgehead atoms. The van der Waals surface area contributed by atoms with E-state index in [1.54, 1.807) is 0 Å². The molecule has 0 fully saturated rings. The zero-order chi connectivity index (χ0) is 13.2. The molecule has 0 radical (unpaired) electrons. The van der Waals surface area contributed by atoms with E-state index in [4.69, 9.17) is 4.43 Å². The number of hydrogen-bond acceptors (Lipinski definition) is 2. The molecular formula is C12H28OSSi2. The van der Waals surface area contributed by atoms with Crippen LogP contribution in [0, 0.1) is 0 Å². The Labute approximate surface area is 108 Å². The summed E-state index contributed by atoms with van der Waals surface area (Å²) in [5, 5.41) is 1.16. The highest BCUT2D eigenvalue weighted by atomic mass is 32.2. The van der Waals surface area contributed by atoms with Gasteiger partial charge in [-0.25, -0.2) is 0 Å². The summed E-state index contributed by atoms with van der Waals surface area (Å²) in [5.41, 5.74) is 2.39. The van der Waals surface area contributed by atoms with Gasteiger partial charge in [0.25, 0.3) is 0 Å². The second-order valence-electron chi connectivity index (χ2n) is 7.26. The van der Waals surface area contributed by atoms with Gasteiger partial charge in [-0.3, -0.25) is 0 Å². The predicted octanol–water partition coefficient (Wildman–Crippen LogP) is 5.09. The highest BCUT2D eigenvalue weighted by Gasteiger charge is 2.24. The van der Waals surface area contributed by atoms with Crippen molar-refractivity contribution in [1.82, 2.24) is 0 Å². The monoisotopic (exact) mass is 276 g/mol. The Morgan fingerprint density at radius 3 is 1.69 bits per heavy atom. The fraction of sp³-hybridized carbons (Fsp3) is 0.833. The molecule has 0 amide bonds. The molecule has 0 atom stereocenters. The zero-order valence-corrected chi connectivity index (χ0v) is 15.2. The minimum atomic E-state index is -1.49. The second-order valence-corrected chi connectivity index (χ2v) is 18.5.